The molecule has 1 aromatic carbocycles. The van der Waals surface area contributed by atoms with Gasteiger partial charge in [-0.1, -0.05) is 6.07 Å². The van der Waals surface area contributed by atoms with E-state index >= 15 is 0 Å². The van der Waals surface area contributed by atoms with Gasteiger partial charge < -0.3 is 10.4 Å². The van der Waals surface area contributed by atoms with Gasteiger partial charge in [-0.3, -0.25) is 9.25 Å². The Kier molecular flexibility index (Phi) is 6.12. The number of benzene rings is 1. The molecule has 0 aliphatic rings. The first-order valence-corrected chi connectivity index (χ1v) is 11.4. The monoisotopic (exact) mass is 508 g/mol. The van der Waals surface area contributed by atoms with E-state index in [1.807, 2.05) is 37.3 Å². The molecule has 5 aromatic rings. The number of hydrogen-bond donors (Lipinski definition) is 2. The minimum absolute atomic E-state index is 0.275. The highest BCUT2D eigenvalue weighted by Crippen LogP contribution is 2.31. The number of anilines is 2. The van der Waals surface area contributed by atoms with Gasteiger partial charge in [0.25, 0.3) is 0 Å². The average Bonchev–Trinajstić information content (AvgIpc) is 3.41. The van der Waals surface area contributed by atoms with Crippen molar-refractivity contribution in [2.75, 3.05) is 5.32 Å². The number of nitrogens with zero attached hydrogens (tertiary/aromatic N) is 7. The zero-order valence-electron chi connectivity index (χ0n) is 20.2. The van der Waals surface area contributed by atoms with E-state index in [-0.39, 0.29) is 5.69 Å². The van der Waals surface area contributed by atoms with Gasteiger partial charge in [0.15, 0.2) is 5.82 Å². The third-order valence-electron chi connectivity index (χ3n) is 5.74. The first kappa shape index (κ1) is 24.4. The van der Waals surface area contributed by atoms with E-state index in [0.717, 1.165) is 21.6 Å². The van der Waals surface area contributed by atoms with Gasteiger partial charge in [0.2, 0.25) is 0 Å². The number of nitrogens with one attached hydrogen (secondary N) is 1. The van der Waals surface area contributed by atoms with Crippen molar-refractivity contribution in [1.29, 1.82) is 0 Å². The molecule has 1 atom stereocenters. The van der Waals surface area contributed by atoms with E-state index < -0.39 is 18.8 Å². The topological polar surface area (TPSA) is 107 Å². The van der Waals surface area contributed by atoms with E-state index in [2.05, 4.69) is 25.6 Å². The van der Waals surface area contributed by atoms with Gasteiger partial charge in [-0.05, 0) is 62.7 Å². The fourth-order valence-corrected chi connectivity index (χ4v) is 4.03. The number of imidazole rings is 1. The highest BCUT2D eigenvalue weighted by atomic mass is 19.4. The minimum atomic E-state index is -4.41. The van der Waals surface area contributed by atoms with Crippen molar-refractivity contribution in [2.45, 2.75) is 39.6 Å². The van der Waals surface area contributed by atoms with Crippen LogP contribution < -0.4 is 5.32 Å². The second-order valence-corrected chi connectivity index (χ2v) is 8.76. The predicted octanol–water partition coefficient (Wildman–Crippen LogP) is 5.05. The molecule has 0 saturated carbocycles. The number of aliphatic hydroxyl groups is 1. The molecule has 0 amide bonds. The van der Waals surface area contributed by atoms with E-state index in [1.54, 1.807) is 36.9 Å². The van der Waals surface area contributed by atoms with Gasteiger partial charge in [-0.15, -0.1) is 5.10 Å². The normalized spacial score (nSPS) is 12.7. The summed E-state index contributed by atoms with van der Waals surface area (Å²) in [7, 11) is 0. The Labute approximate surface area is 209 Å². The van der Waals surface area contributed by atoms with Crippen LogP contribution in [-0.2, 0) is 6.54 Å². The van der Waals surface area contributed by atoms with E-state index in [0.29, 0.717) is 34.0 Å². The summed E-state index contributed by atoms with van der Waals surface area (Å²) in [6, 6.07) is 12.7. The van der Waals surface area contributed by atoms with Crippen LogP contribution in [0, 0.1) is 13.8 Å². The number of pyridine rings is 1. The van der Waals surface area contributed by atoms with Crippen LogP contribution in [0.3, 0.4) is 0 Å². The van der Waals surface area contributed by atoms with Crippen LogP contribution in [0.2, 0.25) is 0 Å². The standard InChI is InChI=1S/C25H23F3N8O/c1-14-11-35(12-25(26,27)28)34-23(14)24-18(16(3)37)6-9-22(31-24)36-13-29-19-10-17(5-7-20(19)36)30-21-8-4-15(2)32-33-21/h4-11,13,16,37H,12H2,1-3H3,(H,30,33). The molecule has 0 fully saturated rings. The van der Waals surface area contributed by atoms with Crippen molar-refractivity contribution in [1.82, 2.24) is 34.5 Å². The highest BCUT2D eigenvalue weighted by molar-refractivity contribution is 5.82. The molecule has 0 aliphatic carbocycles. The molecule has 4 aromatic heterocycles. The lowest BCUT2D eigenvalue weighted by Gasteiger charge is -2.13. The molecule has 4 heterocycles. The maximum Gasteiger partial charge on any atom is 0.408 e. The Balaban J connectivity index is 1.52. The number of halogens is 3. The lowest BCUT2D eigenvalue weighted by Crippen LogP contribution is -2.18. The molecule has 12 heteroatoms. The minimum Gasteiger partial charge on any atom is -0.389 e. The number of aliphatic hydroxyl groups excluding tert-OH is 1. The maximum absolute atomic E-state index is 12.9. The van der Waals surface area contributed by atoms with Crippen LogP contribution in [0.15, 0.2) is 55.0 Å². The van der Waals surface area contributed by atoms with Crippen molar-refractivity contribution in [2.24, 2.45) is 0 Å². The summed E-state index contributed by atoms with van der Waals surface area (Å²) < 4.78 is 41.4. The number of aryl methyl sites for hydroxylation is 2. The van der Waals surface area contributed by atoms with Gasteiger partial charge in [0.1, 0.15) is 24.4 Å². The number of rotatable bonds is 6. The van der Waals surface area contributed by atoms with Gasteiger partial charge in [0, 0.05) is 17.4 Å². The van der Waals surface area contributed by atoms with E-state index in [9.17, 15) is 18.3 Å². The second kappa shape index (κ2) is 9.28. The summed E-state index contributed by atoms with van der Waals surface area (Å²) >= 11 is 0. The number of alkyl halides is 3. The molecule has 9 nitrogen and oxygen atoms in total. The Hall–Kier alpha value is -4.32. The third-order valence-corrected chi connectivity index (χ3v) is 5.74. The first-order valence-electron chi connectivity index (χ1n) is 11.4. The van der Waals surface area contributed by atoms with Crippen LogP contribution in [0.1, 0.15) is 29.8 Å². The second-order valence-electron chi connectivity index (χ2n) is 8.76. The largest absolute Gasteiger partial charge is 0.408 e. The highest BCUT2D eigenvalue weighted by Gasteiger charge is 2.29. The lowest BCUT2D eigenvalue weighted by molar-refractivity contribution is -0.142. The predicted molar refractivity (Wildman–Crippen MR) is 132 cm³/mol. The van der Waals surface area contributed by atoms with E-state index in [4.69, 9.17) is 4.98 Å². The third kappa shape index (κ3) is 5.14. The fourth-order valence-electron chi connectivity index (χ4n) is 4.03. The molecule has 37 heavy (non-hydrogen) atoms. The van der Waals surface area contributed by atoms with Crippen LogP contribution in [0.25, 0.3) is 28.2 Å². The van der Waals surface area contributed by atoms with Crippen molar-refractivity contribution in [3.63, 3.8) is 0 Å². The molecule has 5 rings (SSSR count). The smallest absolute Gasteiger partial charge is 0.389 e. The van der Waals surface area contributed by atoms with Gasteiger partial charge >= 0.3 is 6.18 Å². The summed E-state index contributed by atoms with van der Waals surface area (Å²) in [5, 5.41) is 25.8. The van der Waals surface area contributed by atoms with Crippen LogP contribution in [-0.4, -0.2) is 45.8 Å². The zero-order chi connectivity index (χ0) is 26.3. The van der Waals surface area contributed by atoms with Crippen molar-refractivity contribution in [3.8, 4) is 17.2 Å². The van der Waals surface area contributed by atoms with E-state index in [1.165, 1.54) is 6.20 Å². The van der Waals surface area contributed by atoms with Crippen molar-refractivity contribution >= 4 is 22.5 Å². The molecule has 1 unspecified atom stereocenters. The summed E-state index contributed by atoms with van der Waals surface area (Å²) in [6.07, 6.45) is -2.37. The van der Waals surface area contributed by atoms with Gasteiger partial charge in [0.05, 0.1) is 28.5 Å². The Bertz CT molecular complexity index is 1570. The zero-order valence-corrected chi connectivity index (χ0v) is 20.2. The Morgan fingerprint density at radius 3 is 2.54 bits per heavy atom. The molecule has 0 aliphatic heterocycles. The molecular formula is C25H23F3N8O. The summed E-state index contributed by atoms with van der Waals surface area (Å²) in [5.41, 5.74) is 4.61. The molecule has 0 bridgehead atoms. The van der Waals surface area contributed by atoms with Gasteiger partial charge in [-0.2, -0.15) is 23.4 Å². The lowest BCUT2D eigenvalue weighted by atomic mass is 10.0. The average molecular weight is 509 g/mol. The number of aromatic nitrogens is 7. The van der Waals surface area contributed by atoms with Crippen LogP contribution in [0.4, 0.5) is 24.7 Å². The maximum atomic E-state index is 12.9. The van der Waals surface area contributed by atoms with Crippen LogP contribution in [0.5, 0.6) is 0 Å². The van der Waals surface area contributed by atoms with Crippen LogP contribution >= 0.6 is 0 Å². The quantitative estimate of drug-likeness (QED) is 0.331. The summed E-state index contributed by atoms with van der Waals surface area (Å²) in [5.74, 6) is 1.08. The summed E-state index contributed by atoms with van der Waals surface area (Å²) in [6.45, 7) is 3.88. The first-order chi connectivity index (χ1) is 17.6. The van der Waals surface area contributed by atoms with Crippen molar-refractivity contribution < 1.29 is 18.3 Å². The molecule has 0 spiro atoms. The van der Waals surface area contributed by atoms with Crippen molar-refractivity contribution in [3.05, 3.63) is 71.8 Å². The SMILES string of the molecule is Cc1ccc(Nc2ccc3c(c2)ncn3-c2ccc(C(C)O)c(-c3nn(CC(F)(F)F)cc3C)n2)nn1. The molecule has 0 saturated heterocycles. The fraction of sp³-hybridized carbons (Fsp3) is 0.240. The Morgan fingerprint density at radius 2 is 1.84 bits per heavy atom. The Morgan fingerprint density at radius 1 is 1.03 bits per heavy atom. The molecule has 0 radical (unpaired) electrons. The molecule has 2 N–H and O–H groups in total. The number of hydrogen-bond acceptors (Lipinski definition) is 7. The summed E-state index contributed by atoms with van der Waals surface area (Å²) in [4.78, 5) is 9.18. The van der Waals surface area contributed by atoms with Gasteiger partial charge in [-0.25, -0.2) is 9.97 Å². The molecule has 190 valence electrons. The number of fused-ring (bicyclic) bond motifs is 1. The molecular weight excluding hydrogens is 485 g/mol.